The number of piperidine rings is 1. The van der Waals surface area contributed by atoms with Crippen LogP contribution < -0.4 is 9.64 Å². The Morgan fingerprint density at radius 1 is 1.22 bits per heavy atom. The van der Waals surface area contributed by atoms with Crippen molar-refractivity contribution in [1.29, 1.82) is 0 Å². The maximum Gasteiger partial charge on any atom is 0.146 e. The highest BCUT2D eigenvalue weighted by Gasteiger charge is 2.40. The van der Waals surface area contributed by atoms with Gasteiger partial charge in [-0.1, -0.05) is 18.2 Å². The molecule has 1 aromatic rings. The molecule has 0 atom stereocenters. The van der Waals surface area contributed by atoms with Crippen molar-refractivity contribution in [2.24, 2.45) is 11.3 Å². The number of ether oxygens (including phenoxy) is 1. The summed E-state index contributed by atoms with van der Waals surface area (Å²) in [6, 6.07) is 4.15. The molecule has 1 N–H and O–H groups in total. The smallest absolute Gasteiger partial charge is 0.146 e. The summed E-state index contributed by atoms with van der Waals surface area (Å²) >= 11 is 6.43. The molecule has 0 unspecified atom stereocenters. The number of rotatable bonds is 3. The number of fused-ring (bicyclic) bond motifs is 1. The van der Waals surface area contributed by atoms with E-state index in [1.165, 1.54) is 49.8 Å². The monoisotopic (exact) mass is 389 g/mol. The van der Waals surface area contributed by atoms with Crippen LogP contribution in [0.2, 0.25) is 5.02 Å². The van der Waals surface area contributed by atoms with Crippen molar-refractivity contribution in [2.75, 3.05) is 18.0 Å². The number of allylic oxidation sites excluding steroid dienone is 1. The molecule has 148 valence electrons. The largest absolute Gasteiger partial charge is 0.513 e. The predicted octanol–water partition coefficient (Wildman–Crippen LogP) is 6.29. The SMILES string of the molecule is C=C(O)CC1CCC2(CC1)CCN(c1cc(Cl)cc3c1OC(C)(C)C3)CC2. The van der Waals surface area contributed by atoms with E-state index in [2.05, 4.69) is 37.5 Å². The second kappa shape index (κ2) is 6.92. The van der Waals surface area contributed by atoms with E-state index >= 15 is 0 Å². The Labute approximate surface area is 168 Å². The highest BCUT2D eigenvalue weighted by atomic mass is 35.5. The van der Waals surface area contributed by atoms with Gasteiger partial charge in [0.15, 0.2) is 0 Å². The lowest BCUT2D eigenvalue weighted by Crippen LogP contribution is -2.42. The number of anilines is 1. The summed E-state index contributed by atoms with van der Waals surface area (Å²) < 4.78 is 6.29. The lowest BCUT2D eigenvalue weighted by Gasteiger charge is -2.46. The summed E-state index contributed by atoms with van der Waals surface area (Å²) in [6.45, 7) is 10.1. The molecule has 1 saturated carbocycles. The maximum atomic E-state index is 9.48. The first-order valence-corrected chi connectivity index (χ1v) is 10.8. The van der Waals surface area contributed by atoms with Crippen molar-refractivity contribution >= 4 is 17.3 Å². The van der Waals surface area contributed by atoms with Crippen LogP contribution in [0.25, 0.3) is 0 Å². The molecule has 27 heavy (non-hydrogen) atoms. The van der Waals surface area contributed by atoms with E-state index in [0.717, 1.165) is 36.7 Å². The Morgan fingerprint density at radius 2 is 1.89 bits per heavy atom. The van der Waals surface area contributed by atoms with Gasteiger partial charge in [-0.25, -0.2) is 0 Å². The van der Waals surface area contributed by atoms with Crippen LogP contribution in [-0.2, 0) is 6.42 Å². The van der Waals surface area contributed by atoms with E-state index in [-0.39, 0.29) is 5.60 Å². The number of halogens is 1. The van der Waals surface area contributed by atoms with Gasteiger partial charge in [-0.15, -0.1) is 0 Å². The number of aliphatic hydroxyl groups is 1. The zero-order chi connectivity index (χ0) is 19.2. The standard InChI is InChI=1S/C23H32ClNO2/c1-16(26)12-17-4-6-23(7-5-17)8-10-25(11-9-23)20-14-19(24)13-18-15-22(2,3)27-21(18)20/h13-14,17,26H,1,4-12,15H2,2-3H3. The number of hydrogen-bond donors (Lipinski definition) is 1. The number of nitrogens with zero attached hydrogens (tertiary/aromatic N) is 1. The van der Waals surface area contributed by atoms with Gasteiger partial charge in [0.25, 0.3) is 0 Å². The van der Waals surface area contributed by atoms with Crippen LogP contribution in [0.1, 0.15) is 64.4 Å². The van der Waals surface area contributed by atoms with Crippen molar-refractivity contribution < 1.29 is 9.84 Å². The minimum atomic E-state index is -0.145. The minimum absolute atomic E-state index is 0.145. The van der Waals surface area contributed by atoms with Crippen LogP contribution in [0.5, 0.6) is 5.75 Å². The lowest BCUT2D eigenvalue weighted by molar-refractivity contribution is 0.108. The Kier molecular flexibility index (Phi) is 4.86. The fourth-order valence-corrected chi connectivity index (χ4v) is 5.67. The Bertz CT molecular complexity index is 724. The molecule has 2 aliphatic heterocycles. The van der Waals surface area contributed by atoms with Crippen molar-refractivity contribution in [3.8, 4) is 5.75 Å². The third-order valence-electron chi connectivity index (χ3n) is 6.96. The second-order valence-electron chi connectivity index (χ2n) is 9.65. The first kappa shape index (κ1) is 19.0. The summed E-state index contributed by atoms with van der Waals surface area (Å²) in [7, 11) is 0. The van der Waals surface area contributed by atoms with Crippen LogP contribution >= 0.6 is 11.6 Å². The predicted molar refractivity (Wildman–Crippen MR) is 112 cm³/mol. The molecule has 1 aromatic carbocycles. The average molecular weight is 390 g/mol. The zero-order valence-corrected chi connectivity index (χ0v) is 17.4. The first-order valence-electron chi connectivity index (χ1n) is 10.4. The quantitative estimate of drug-likeness (QED) is 0.616. The van der Waals surface area contributed by atoms with E-state index in [0.29, 0.717) is 17.1 Å². The Morgan fingerprint density at radius 3 is 2.52 bits per heavy atom. The average Bonchev–Trinajstić information content (AvgIpc) is 2.91. The molecule has 0 radical (unpaired) electrons. The highest BCUT2D eigenvalue weighted by Crippen LogP contribution is 2.50. The molecule has 3 aliphatic rings. The molecule has 1 spiro atoms. The summed E-state index contributed by atoms with van der Waals surface area (Å²) in [6.07, 6.45) is 9.21. The fourth-order valence-electron chi connectivity index (χ4n) is 5.44. The van der Waals surface area contributed by atoms with Gasteiger partial charge in [0.2, 0.25) is 0 Å². The van der Waals surface area contributed by atoms with Crippen LogP contribution in [0.15, 0.2) is 24.5 Å². The fraction of sp³-hybridized carbons (Fsp3) is 0.652. The van der Waals surface area contributed by atoms with Crippen LogP contribution in [0.3, 0.4) is 0 Å². The van der Waals surface area contributed by atoms with E-state index in [1.807, 2.05) is 0 Å². The van der Waals surface area contributed by atoms with Gasteiger partial charge in [0, 0.05) is 36.5 Å². The molecular weight excluding hydrogens is 358 g/mol. The number of benzene rings is 1. The third-order valence-corrected chi connectivity index (χ3v) is 7.18. The van der Waals surface area contributed by atoms with E-state index < -0.39 is 0 Å². The highest BCUT2D eigenvalue weighted by molar-refractivity contribution is 6.31. The zero-order valence-electron chi connectivity index (χ0n) is 16.7. The number of aliphatic hydroxyl groups excluding tert-OH is 1. The van der Waals surface area contributed by atoms with Gasteiger partial charge < -0.3 is 14.7 Å². The van der Waals surface area contributed by atoms with E-state index in [1.54, 1.807) is 0 Å². The summed E-state index contributed by atoms with van der Waals surface area (Å²) in [4.78, 5) is 2.49. The Hall–Kier alpha value is -1.35. The molecule has 2 heterocycles. The third kappa shape index (κ3) is 3.94. The molecule has 1 aliphatic carbocycles. The molecule has 0 amide bonds. The molecule has 2 fully saturated rings. The Balaban J connectivity index is 1.43. The van der Waals surface area contributed by atoms with Crippen molar-refractivity contribution in [2.45, 2.75) is 70.8 Å². The van der Waals surface area contributed by atoms with Gasteiger partial charge >= 0.3 is 0 Å². The summed E-state index contributed by atoms with van der Waals surface area (Å²) in [5.41, 5.74) is 2.77. The first-order chi connectivity index (χ1) is 12.8. The molecule has 1 saturated heterocycles. The van der Waals surface area contributed by atoms with E-state index in [9.17, 15) is 5.11 Å². The summed E-state index contributed by atoms with van der Waals surface area (Å²) in [5, 5.41) is 10.3. The maximum absolute atomic E-state index is 9.48. The van der Waals surface area contributed by atoms with Crippen molar-refractivity contribution in [3.05, 3.63) is 35.1 Å². The van der Waals surface area contributed by atoms with Gasteiger partial charge in [-0.2, -0.15) is 0 Å². The van der Waals surface area contributed by atoms with Gasteiger partial charge in [0.05, 0.1) is 11.4 Å². The van der Waals surface area contributed by atoms with E-state index in [4.69, 9.17) is 16.3 Å². The molecule has 4 heteroatoms. The van der Waals surface area contributed by atoms with Gasteiger partial charge in [-0.3, -0.25) is 0 Å². The molecular formula is C23H32ClNO2. The van der Waals surface area contributed by atoms with Gasteiger partial charge in [-0.05, 0) is 75.8 Å². The van der Waals surface area contributed by atoms with Crippen molar-refractivity contribution in [3.63, 3.8) is 0 Å². The van der Waals surface area contributed by atoms with Gasteiger partial charge in [0.1, 0.15) is 11.4 Å². The normalized spacial score (nSPS) is 23.9. The number of hydrogen-bond acceptors (Lipinski definition) is 3. The molecule has 0 bridgehead atoms. The lowest BCUT2D eigenvalue weighted by atomic mass is 9.65. The van der Waals surface area contributed by atoms with Crippen LogP contribution in [0.4, 0.5) is 5.69 Å². The second-order valence-corrected chi connectivity index (χ2v) is 10.1. The topological polar surface area (TPSA) is 32.7 Å². The molecule has 4 rings (SSSR count). The molecule has 3 nitrogen and oxygen atoms in total. The van der Waals surface area contributed by atoms with Crippen LogP contribution in [0, 0.1) is 11.3 Å². The van der Waals surface area contributed by atoms with Crippen molar-refractivity contribution in [1.82, 2.24) is 0 Å². The minimum Gasteiger partial charge on any atom is -0.513 e. The van der Waals surface area contributed by atoms with Crippen LogP contribution in [-0.4, -0.2) is 23.8 Å². The molecule has 0 aromatic heterocycles. The summed E-state index contributed by atoms with van der Waals surface area (Å²) in [5.74, 6) is 2.02.